The second kappa shape index (κ2) is 8.06. The van der Waals surface area contributed by atoms with Gasteiger partial charge in [0, 0.05) is 37.4 Å². The average molecular weight is 348 g/mol. The number of carbonyl (C=O) groups is 1. The lowest BCUT2D eigenvalue weighted by Gasteiger charge is -2.32. The maximum atomic E-state index is 12.9. The summed E-state index contributed by atoms with van der Waals surface area (Å²) < 4.78 is 10.6. The Morgan fingerprint density at radius 1 is 1.12 bits per heavy atom. The van der Waals surface area contributed by atoms with Crippen molar-refractivity contribution in [1.29, 1.82) is 0 Å². The van der Waals surface area contributed by atoms with Gasteiger partial charge >= 0.3 is 0 Å². The SMILES string of the molecule is COc1cc(OC)cc(N2CCC(NC3CCCCC3CO)C2=O)c1. The fraction of sp³-hybridized carbons (Fsp3) is 0.632. The molecule has 1 saturated carbocycles. The van der Waals surface area contributed by atoms with E-state index in [-0.39, 0.29) is 30.5 Å². The normalized spacial score (nSPS) is 26.8. The maximum absolute atomic E-state index is 12.9. The minimum atomic E-state index is -0.186. The lowest BCUT2D eigenvalue weighted by Crippen LogP contribution is -2.48. The molecule has 0 radical (unpaired) electrons. The van der Waals surface area contributed by atoms with Crippen LogP contribution in [0, 0.1) is 5.92 Å². The molecule has 1 saturated heterocycles. The Hall–Kier alpha value is -1.79. The zero-order valence-corrected chi connectivity index (χ0v) is 15.0. The number of nitrogens with one attached hydrogen (secondary N) is 1. The van der Waals surface area contributed by atoms with E-state index in [2.05, 4.69) is 5.32 Å². The summed E-state index contributed by atoms with van der Waals surface area (Å²) in [6.07, 6.45) is 5.16. The first-order valence-electron chi connectivity index (χ1n) is 9.07. The number of anilines is 1. The Bertz CT molecular complexity index is 585. The molecule has 6 heteroatoms. The molecule has 138 valence electrons. The highest BCUT2D eigenvalue weighted by Crippen LogP contribution is 2.32. The van der Waals surface area contributed by atoms with Crippen LogP contribution in [0.5, 0.6) is 11.5 Å². The van der Waals surface area contributed by atoms with Crippen LogP contribution < -0.4 is 19.7 Å². The monoisotopic (exact) mass is 348 g/mol. The van der Waals surface area contributed by atoms with E-state index in [1.165, 1.54) is 0 Å². The molecular weight excluding hydrogens is 320 g/mol. The minimum Gasteiger partial charge on any atom is -0.497 e. The standard InChI is InChI=1S/C19H28N2O4/c1-24-15-9-14(10-16(11-15)25-2)21-8-7-18(19(21)23)20-17-6-4-3-5-13(17)12-22/h9-11,13,17-18,20,22H,3-8,12H2,1-2H3. The molecule has 2 fully saturated rings. The Labute approximate surface area is 149 Å². The number of nitrogens with zero attached hydrogens (tertiary/aromatic N) is 1. The van der Waals surface area contributed by atoms with E-state index in [0.29, 0.717) is 18.0 Å². The van der Waals surface area contributed by atoms with Crippen molar-refractivity contribution in [3.63, 3.8) is 0 Å². The summed E-state index contributed by atoms with van der Waals surface area (Å²) in [5.41, 5.74) is 0.799. The first kappa shape index (κ1) is 18.0. The molecule has 0 aromatic heterocycles. The van der Waals surface area contributed by atoms with Crippen LogP contribution in [0.3, 0.4) is 0 Å². The molecular formula is C19H28N2O4. The van der Waals surface area contributed by atoms with Crippen LogP contribution in [0.4, 0.5) is 5.69 Å². The average Bonchev–Trinajstić information content (AvgIpc) is 3.02. The van der Waals surface area contributed by atoms with Gasteiger partial charge in [-0.2, -0.15) is 0 Å². The molecule has 2 aliphatic rings. The summed E-state index contributed by atoms with van der Waals surface area (Å²) in [6, 6.07) is 5.56. The first-order chi connectivity index (χ1) is 12.2. The fourth-order valence-corrected chi connectivity index (χ4v) is 3.94. The van der Waals surface area contributed by atoms with Gasteiger partial charge < -0.3 is 24.8 Å². The van der Waals surface area contributed by atoms with Gasteiger partial charge in [0.25, 0.3) is 0 Å². The molecule has 25 heavy (non-hydrogen) atoms. The van der Waals surface area contributed by atoms with Crippen LogP contribution >= 0.6 is 0 Å². The van der Waals surface area contributed by atoms with E-state index >= 15 is 0 Å². The van der Waals surface area contributed by atoms with Crippen LogP contribution in [0.15, 0.2) is 18.2 Å². The van der Waals surface area contributed by atoms with Gasteiger partial charge in [-0.1, -0.05) is 12.8 Å². The van der Waals surface area contributed by atoms with E-state index in [1.54, 1.807) is 25.2 Å². The van der Waals surface area contributed by atoms with Crippen molar-refractivity contribution >= 4 is 11.6 Å². The topological polar surface area (TPSA) is 71.0 Å². The molecule has 3 atom stereocenters. The third-order valence-corrected chi connectivity index (χ3v) is 5.41. The van der Waals surface area contributed by atoms with Gasteiger partial charge in [-0.25, -0.2) is 0 Å². The van der Waals surface area contributed by atoms with Gasteiger partial charge in [-0.05, 0) is 25.2 Å². The number of carbonyl (C=O) groups excluding carboxylic acids is 1. The molecule has 1 aromatic carbocycles. The predicted octanol–water partition coefficient (Wildman–Crippen LogP) is 1.95. The predicted molar refractivity (Wildman–Crippen MR) is 96.3 cm³/mol. The second-order valence-electron chi connectivity index (χ2n) is 6.90. The van der Waals surface area contributed by atoms with Crippen molar-refractivity contribution in [2.24, 2.45) is 5.92 Å². The van der Waals surface area contributed by atoms with E-state index in [4.69, 9.17) is 9.47 Å². The highest BCUT2D eigenvalue weighted by atomic mass is 16.5. The van der Waals surface area contributed by atoms with Crippen LogP contribution in [0.1, 0.15) is 32.1 Å². The molecule has 1 aromatic rings. The molecule has 1 aliphatic carbocycles. The number of hydrogen-bond acceptors (Lipinski definition) is 5. The summed E-state index contributed by atoms with van der Waals surface area (Å²) >= 11 is 0. The molecule has 1 aliphatic heterocycles. The van der Waals surface area contributed by atoms with Crippen molar-refractivity contribution in [2.45, 2.75) is 44.2 Å². The molecule has 1 amide bonds. The molecule has 2 N–H and O–H groups in total. The number of benzene rings is 1. The van der Waals surface area contributed by atoms with Crippen molar-refractivity contribution in [2.75, 3.05) is 32.3 Å². The summed E-state index contributed by atoms with van der Waals surface area (Å²) in [5, 5.41) is 13.1. The van der Waals surface area contributed by atoms with Crippen molar-refractivity contribution in [3.8, 4) is 11.5 Å². The number of aliphatic hydroxyl groups is 1. The molecule has 0 bridgehead atoms. The van der Waals surface area contributed by atoms with Gasteiger partial charge in [-0.15, -0.1) is 0 Å². The zero-order valence-electron chi connectivity index (χ0n) is 15.0. The molecule has 6 nitrogen and oxygen atoms in total. The summed E-state index contributed by atoms with van der Waals surface area (Å²) in [7, 11) is 3.21. The minimum absolute atomic E-state index is 0.0811. The Kier molecular flexibility index (Phi) is 5.81. The van der Waals surface area contributed by atoms with Gasteiger partial charge in [0.1, 0.15) is 11.5 Å². The number of ether oxygens (including phenoxy) is 2. The largest absolute Gasteiger partial charge is 0.497 e. The lowest BCUT2D eigenvalue weighted by molar-refractivity contribution is -0.119. The second-order valence-corrected chi connectivity index (χ2v) is 6.90. The van der Waals surface area contributed by atoms with Crippen LogP contribution in [0.2, 0.25) is 0 Å². The number of amides is 1. The quantitative estimate of drug-likeness (QED) is 0.822. The van der Waals surface area contributed by atoms with E-state index in [0.717, 1.165) is 37.8 Å². The number of rotatable bonds is 6. The highest BCUT2D eigenvalue weighted by molar-refractivity contribution is 5.99. The Morgan fingerprint density at radius 3 is 2.44 bits per heavy atom. The zero-order chi connectivity index (χ0) is 17.8. The number of aliphatic hydroxyl groups excluding tert-OH is 1. The fourth-order valence-electron chi connectivity index (χ4n) is 3.94. The van der Waals surface area contributed by atoms with E-state index < -0.39 is 0 Å². The smallest absolute Gasteiger partial charge is 0.244 e. The lowest BCUT2D eigenvalue weighted by atomic mass is 9.84. The third kappa shape index (κ3) is 3.90. The summed E-state index contributed by atoms with van der Waals surface area (Å²) in [6.45, 7) is 0.860. The van der Waals surface area contributed by atoms with E-state index in [9.17, 15) is 9.90 Å². The van der Waals surface area contributed by atoms with Gasteiger partial charge in [0.15, 0.2) is 0 Å². The molecule has 3 rings (SSSR count). The van der Waals surface area contributed by atoms with Crippen molar-refractivity contribution < 1.29 is 19.4 Å². The first-order valence-corrected chi connectivity index (χ1v) is 9.07. The van der Waals surface area contributed by atoms with Crippen molar-refractivity contribution in [3.05, 3.63) is 18.2 Å². The van der Waals surface area contributed by atoms with Crippen LogP contribution in [-0.2, 0) is 4.79 Å². The molecule has 0 spiro atoms. The maximum Gasteiger partial charge on any atom is 0.244 e. The van der Waals surface area contributed by atoms with E-state index in [1.807, 2.05) is 12.1 Å². The Morgan fingerprint density at radius 2 is 1.80 bits per heavy atom. The van der Waals surface area contributed by atoms with Gasteiger partial charge in [0.05, 0.1) is 25.9 Å². The Balaban J connectivity index is 1.71. The van der Waals surface area contributed by atoms with Crippen molar-refractivity contribution in [1.82, 2.24) is 5.32 Å². The molecule has 3 unspecified atom stereocenters. The number of methoxy groups -OCH3 is 2. The van der Waals surface area contributed by atoms with Gasteiger partial charge in [-0.3, -0.25) is 4.79 Å². The number of hydrogen-bond donors (Lipinski definition) is 2. The summed E-state index contributed by atoms with van der Waals surface area (Å²) in [5.74, 6) is 1.68. The van der Waals surface area contributed by atoms with Gasteiger partial charge in [0.2, 0.25) is 5.91 Å². The van der Waals surface area contributed by atoms with Crippen LogP contribution in [-0.4, -0.2) is 50.5 Å². The third-order valence-electron chi connectivity index (χ3n) is 5.41. The van der Waals surface area contributed by atoms with Crippen LogP contribution in [0.25, 0.3) is 0 Å². The molecule has 1 heterocycles. The summed E-state index contributed by atoms with van der Waals surface area (Å²) in [4.78, 5) is 14.7. The highest BCUT2D eigenvalue weighted by Gasteiger charge is 2.36.